The van der Waals surface area contributed by atoms with Crippen LogP contribution in [0.3, 0.4) is 0 Å². The Bertz CT molecular complexity index is 1290. The van der Waals surface area contributed by atoms with Gasteiger partial charge in [0.2, 0.25) is 5.91 Å². The number of hydrogen-bond donors (Lipinski definition) is 0. The average molecular weight is 434 g/mol. The molecule has 1 aliphatic heterocycles. The van der Waals surface area contributed by atoms with Gasteiger partial charge in [0.15, 0.2) is 0 Å². The van der Waals surface area contributed by atoms with E-state index in [9.17, 15) is 9.59 Å². The predicted molar refractivity (Wildman–Crippen MR) is 121 cm³/mol. The Labute approximate surface area is 183 Å². The second kappa shape index (κ2) is 8.11. The fraction of sp³-hybridized carbons (Fsp3) is 0.304. The fourth-order valence-corrected chi connectivity index (χ4v) is 4.94. The van der Waals surface area contributed by atoms with Crippen molar-refractivity contribution in [2.45, 2.75) is 32.4 Å². The molecule has 7 nitrogen and oxygen atoms in total. The van der Waals surface area contributed by atoms with E-state index in [1.54, 1.807) is 28.2 Å². The number of fused-ring (bicyclic) bond motifs is 1. The number of para-hydroxylation sites is 2. The second-order valence-corrected chi connectivity index (χ2v) is 8.80. The van der Waals surface area contributed by atoms with Gasteiger partial charge < -0.3 is 9.47 Å². The molecule has 4 heterocycles. The highest BCUT2D eigenvalue weighted by atomic mass is 32.1. The van der Waals surface area contributed by atoms with Gasteiger partial charge in [0, 0.05) is 19.2 Å². The van der Waals surface area contributed by atoms with Crippen LogP contribution in [0.15, 0.2) is 58.7 Å². The van der Waals surface area contributed by atoms with Crippen LogP contribution in [-0.2, 0) is 11.3 Å². The maximum atomic E-state index is 13.1. The summed E-state index contributed by atoms with van der Waals surface area (Å²) < 4.78 is 3.52. The van der Waals surface area contributed by atoms with Crippen molar-refractivity contribution in [2.24, 2.45) is 0 Å². The molecule has 5 rings (SSSR count). The molecule has 8 heteroatoms. The third kappa shape index (κ3) is 3.79. The summed E-state index contributed by atoms with van der Waals surface area (Å²) in [4.78, 5) is 33.1. The van der Waals surface area contributed by atoms with Gasteiger partial charge >= 0.3 is 0 Å². The average Bonchev–Trinajstić information content (AvgIpc) is 3.43. The van der Waals surface area contributed by atoms with Gasteiger partial charge in [0.1, 0.15) is 18.1 Å². The Morgan fingerprint density at radius 2 is 2.03 bits per heavy atom. The lowest BCUT2D eigenvalue weighted by molar-refractivity contribution is -0.133. The minimum absolute atomic E-state index is 0.0402. The Morgan fingerprint density at radius 3 is 2.87 bits per heavy atom. The van der Waals surface area contributed by atoms with Crippen molar-refractivity contribution >= 4 is 28.3 Å². The van der Waals surface area contributed by atoms with E-state index in [0.717, 1.165) is 40.3 Å². The maximum Gasteiger partial charge on any atom is 0.267 e. The minimum atomic E-state index is -0.129. The highest BCUT2D eigenvalue weighted by Gasteiger charge is 2.27. The molecular weight excluding hydrogens is 410 g/mol. The molecule has 0 unspecified atom stereocenters. The molecule has 158 valence electrons. The SMILES string of the molecule is Cc1nc2ccccc2n1CC(=O)N1CCC[C@H](n2nc(-c3cccs3)ccc2=O)C1. The van der Waals surface area contributed by atoms with Crippen LogP contribution < -0.4 is 5.56 Å². The zero-order valence-electron chi connectivity index (χ0n) is 17.3. The molecule has 1 atom stereocenters. The number of hydrogen-bond acceptors (Lipinski definition) is 5. The zero-order chi connectivity index (χ0) is 21.4. The summed E-state index contributed by atoms with van der Waals surface area (Å²) in [6, 6.07) is 15.0. The van der Waals surface area contributed by atoms with Crippen LogP contribution >= 0.6 is 11.3 Å². The number of amides is 1. The Hall–Kier alpha value is -3.26. The number of likely N-dealkylation sites (tertiary alicyclic amines) is 1. The summed E-state index contributed by atoms with van der Waals surface area (Å²) in [6.45, 7) is 3.36. The first kappa shape index (κ1) is 19.7. The summed E-state index contributed by atoms with van der Waals surface area (Å²) in [5.41, 5.74) is 2.52. The smallest absolute Gasteiger partial charge is 0.267 e. The number of thiophene rings is 1. The van der Waals surface area contributed by atoms with Crippen LogP contribution in [0.1, 0.15) is 24.7 Å². The quantitative estimate of drug-likeness (QED) is 0.494. The molecule has 3 aromatic heterocycles. The van der Waals surface area contributed by atoms with Crippen molar-refractivity contribution in [3.8, 4) is 10.6 Å². The predicted octanol–water partition coefficient (Wildman–Crippen LogP) is 3.49. The monoisotopic (exact) mass is 433 g/mol. The van der Waals surface area contributed by atoms with Crippen molar-refractivity contribution < 1.29 is 4.79 Å². The fourth-order valence-electron chi connectivity index (χ4n) is 4.25. The molecule has 0 radical (unpaired) electrons. The van der Waals surface area contributed by atoms with Crippen molar-refractivity contribution in [2.75, 3.05) is 13.1 Å². The maximum absolute atomic E-state index is 13.1. The summed E-state index contributed by atoms with van der Waals surface area (Å²) >= 11 is 1.60. The van der Waals surface area contributed by atoms with Crippen molar-refractivity contribution in [1.82, 2.24) is 24.2 Å². The van der Waals surface area contributed by atoms with Gasteiger partial charge in [-0.2, -0.15) is 5.10 Å². The highest BCUT2D eigenvalue weighted by Crippen LogP contribution is 2.24. The van der Waals surface area contributed by atoms with E-state index in [4.69, 9.17) is 0 Å². The van der Waals surface area contributed by atoms with Crippen LogP contribution in [0, 0.1) is 6.92 Å². The standard InChI is InChI=1S/C23H23N5O2S/c1-16-24-18-7-2-3-8-20(18)27(16)15-23(30)26-12-4-6-17(14-26)28-22(29)11-10-19(25-28)21-9-5-13-31-21/h2-3,5,7-11,13,17H,4,6,12,14-15H2,1H3/t17-/m0/s1. The number of nitrogens with zero attached hydrogens (tertiary/aromatic N) is 5. The molecule has 1 fully saturated rings. The first-order chi connectivity index (χ1) is 15.1. The normalized spacial score (nSPS) is 16.7. The summed E-state index contributed by atoms with van der Waals surface area (Å²) in [6.07, 6.45) is 1.68. The Morgan fingerprint density at radius 1 is 1.16 bits per heavy atom. The first-order valence-corrected chi connectivity index (χ1v) is 11.3. The van der Waals surface area contributed by atoms with Gasteiger partial charge in [0.05, 0.1) is 22.0 Å². The van der Waals surface area contributed by atoms with E-state index in [0.29, 0.717) is 13.1 Å². The van der Waals surface area contributed by atoms with Gasteiger partial charge in [0.25, 0.3) is 5.56 Å². The molecule has 1 saturated heterocycles. The van der Waals surface area contributed by atoms with E-state index < -0.39 is 0 Å². The molecular formula is C23H23N5O2S. The Balaban J connectivity index is 1.37. The van der Waals surface area contributed by atoms with Gasteiger partial charge in [-0.1, -0.05) is 18.2 Å². The van der Waals surface area contributed by atoms with E-state index in [-0.39, 0.29) is 24.1 Å². The first-order valence-electron chi connectivity index (χ1n) is 10.4. The number of carbonyl (C=O) groups is 1. The van der Waals surface area contributed by atoms with Gasteiger partial charge in [-0.05, 0) is 49.4 Å². The molecule has 1 aliphatic rings. The number of rotatable bonds is 4. The molecule has 0 bridgehead atoms. The Kier molecular flexibility index (Phi) is 5.15. The largest absolute Gasteiger partial charge is 0.339 e. The number of carbonyl (C=O) groups excluding carboxylic acids is 1. The molecule has 31 heavy (non-hydrogen) atoms. The summed E-state index contributed by atoms with van der Waals surface area (Å²) in [5.74, 6) is 0.864. The minimum Gasteiger partial charge on any atom is -0.339 e. The second-order valence-electron chi connectivity index (χ2n) is 7.85. The van der Waals surface area contributed by atoms with E-state index in [1.807, 2.05) is 58.2 Å². The topological polar surface area (TPSA) is 73.0 Å². The molecule has 1 aromatic carbocycles. The summed E-state index contributed by atoms with van der Waals surface area (Å²) in [5, 5.41) is 6.62. The molecule has 0 aliphatic carbocycles. The number of piperidine rings is 1. The van der Waals surface area contributed by atoms with Crippen molar-refractivity contribution in [3.05, 3.63) is 70.1 Å². The number of aromatic nitrogens is 4. The number of aryl methyl sites for hydroxylation is 1. The van der Waals surface area contributed by atoms with Crippen LogP contribution in [0.2, 0.25) is 0 Å². The zero-order valence-corrected chi connectivity index (χ0v) is 18.1. The van der Waals surface area contributed by atoms with Crippen molar-refractivity contribution in [1.29, 1.82) is 0 Å². The van der Waals surface area contributed by atoms with Gasteiger partial charge in [-0.3, -0.25) is 9.59 Å². The van der Waals surface area contributed by atoms with E-state index in [1.165, 1.54) is 0 Å². The molecule has 4 aromatic rings. The number of imidazole rings is 1. The molecule has 0 saturated carbocycles. The van der Waals surface area contributed by atoms with Crippen LogP contribution in [0.5, 0.6) is 0 Å². The number of benzene rings is 1. The molecule has 0 N–H and O–H groups in total. The van der Waals surface area contributed by atoms with Crippen LogP contribution in [0.25, 0.3) is 21.6 Å². The van der Waals surface area contributed by atoms with Gasteiger partial charge in [-0.25, -0.2) is 9.67 Å². The van der Waals surface area contributed by atoms with E-state index in [2.05, 4.69) is 10.1 Å². The lowest BCUT2D eigenvalue weighted by atomic mass is 10.1. The molecule has 0 spiro atoms. The van der Waals surface area contributed by atoms with Gasteiger partial charge in [-0.15, -0.1) is 11.3 Å². The van der Waals surface area contributed by atoms with Crippen LogP contribution in [-0.4, -0.2) is 43.2 Å². The highest BCUT2D eigenvalue weighted by molar-refractivity contribution is 7.13. The molecule has 1 amide bonds. The summed E-state index contributed by atoms with van der Waals surface area (Å²) in [7, 11) is 0. The van der Waals surface area contributed by atoms with Crippen molar-refractivity contribution in [3.63, 3.8) is 0 Å². The van der Waals surface area contributed by atoms with E-state index >= 15 is 0 Å². The lowest BCUT2D eigenvalue weighted by Crippen LogP contribution is -2.44. The third-order valence-electron chi connectivity index (χ3n) is 5.83. The lowest BCUT2D eigenvalue weighted by Gasteiger charge is -2.33. The van der Waals surface area contributed by atoms with Crippen LogP contribution in [0.4, 0.5) is 0 Å². The third-order valence-corrected chi connectivity index (χ3v) is 6.72.